The van der Waals surface area contributed by atoms with Gasteiger partial charge in [-0.25, -0.2) is 0 Å². The monoisotopic (exact) mass is 375 g/mol. The first-order valence-corrected chi connectivity index (χ1v) is 9.90. The van der Waals surface area contributed by atoms with Crippen LogP contribution in [-0.4, -0.2) is 30.3 Å². The van der Waals surface area contributed by atoms with E-state index in [1.807, 2.05) is 86.6 Å². The van der Waals surface area contributed by atoms with Crippen LogP contribution >= 0.6 is 11.8 Å². The normalized spacial score (nSPS) is 13.3. The lowest BCUT2D eigenvalue weighted by Gasteiger charge is -2.35. The quantitative estimate of drug-likeness (QED) is 0.503. The maximum Gasteiger partial charge on any atom is 0.183 e. The number of ketones is 1. The Kier molecular flexibility index (Phi) is 6.15. The third kappa shape index (κ3) is 4.68. The van der Waals surface area contributed by atoms with Crippen LogP contribution in [0.5, 0.6) is 0 Å². The molecule has 1 unspecified atom stereocenters. The molecule has 3 heteroatoms. The molecule has 27 heavy (non-hydrogen) atoms. The molecule has 1 atom stereocenters. The Morgan fingerprint density at radius 1 is 0.815 bits per heavy atom. The van der Waals surface area contributed by atoms with Gasteiger partial charge < -0.3 is 0 Å². The molecule has 0 aliphatic heterocycles. The molecule has 3 rings (SSSR count). The lowest BCUT2D eigenvalue weighted by molar-refractivity contribution is 0.0719. The minimum absolute atomic E-state index is 0.146. The van der Waals surface area contributed by atoms with Gasteiger partial charge in [0.15, 0.2) is 5.78 Å². The van der Waals surface area contributed by atoms with E-state index in [0.717, 1.165) is 10.5 Å². The molecule has 0 radical (unpaired) electrons. The van der Waals surface area contributed by atoms with E-state index in [-0.39, 0.29) is 5.78 Å². The SMILES string of the molecule is CN(C)C(C)(Cc1ccccc1)C(=O)c1ccc(Sc2ccccc2)cc1. The third-order valence-corrected chi connectivity index (χ3v) is 5.98. The molecule has 0 heterocycles. The van der Waals surface area contributed by atoms with Crippen molar-refractivity contribution >= 4 is 17.5 Å². The lowest BCUT2D eigenvalue weighted by Crippen LogP contribution is -2.50. The summed E-state index contributed by atoms with van der Waals surface area (Å²) in [4.78, 5) is 17.7. The number of hydrogen-bond donors (Lipinski definition) is 0. The highest BCUT2D eigenvalue weighted by atomic mass is 32.2. The average Bonchev–Trinajstić information content (AvgIpc) is 2.69. The van der Waals surface area contributed by atoms with Gasteiger partial charge in [-0.1, -0.05) is 72.4 Å². The van der Waals surface area contributed by atoms with Gasteiger partial charge in [0, 0.05) is 15.4 Å². The smallest absolute Gasteiger partial charge is 0.183 e. The number of nitrogens with zero attached hydrogens (tertiary/aromatic N) is 1. The van der Waals surface area contributed by atoms with Crippen molar-refractivity contribution in [2.24, 2.45) is 0 Å². The van der Waals surface area contributed by atoms with Crippen LogP contribution in [0.2, 0.25) is 0 Å². The molecule has 0 spiro atoms. The van der Waals surface area contributed by atoms with E-state index >= 15 is 0 Å². The van der Waals surface area contributed by atoms with Crippen molar-refractivity contribution in [3.8, 4) is 0 Å². The molecule has 2 nitrogen and oxygen atoms in total. The molecule has 0 fully saturated rings. The molecule has 0 aromatic heterocycles. The molecule has 3 aromatic carbocycles. The standard InChI is InChI=1S/C24H25NOS/c1-24(25(2)3,18-19-10-6-4-7-11-19)23(26)20-14-16-22(17-15-20)27-21-12-8-5-9-13-21/h4-17H,18H2,1-3H3. The Balaban J connectivity index is 1.80. The zero-order valence-electron chi connectivity index (χ0n) is 16.1. The molecule has 0 saturated carbocycles. The van der Waals surface area contributed by atoms with Crippen LogP contribution in [0.4, 0.5) is 0 Å². The van der Waals surface area contributed by atoms with E-state index in [1.54, 1.807) is 11.8 Å². The Bertz CT molecular complexity index is 875. The summed E-state index contributed by atoms with van der Waals surface area (Å²) in [5.74, 6) is 0.146. The summed E-state index contributed by atoms with van der Waals surface area (Å²) < 4.78 is 0. The van der Waals surface area contributed by atoms with Crippen LogP contribution in [0.25, 0.3) is 0 Å². The summed E-state index contributed by atoms with van der Waals surface area (Å²) in [5.41, 5.74) is 1.33. The molecule has 0 aliphatic carbocycles. The van der Waals surface area contributed by atoms with Crippen molar-refractivity contribution in [3.63, 3.8) is 0 Å². The Morgan fingerprint density at radius 2 is 1.33 bits per heavy atom. The van der Waals surface area contributed by atoms with E-state index in [1.165, 1.54) is 10.5 Å². The highest BCUT2D eigenvalue weighted by molar-refractivity contribution is 7.99. The molecular weight excluding hydrogens is 350 g/mol. The van der Waals surface area contributed by atoms with Gasteiger partial charge in [0.25, 0.3) is 0 Å². The zero-order chi connectivity index (χ0) is 19.3. The molecule has 0 bridgehead atoms. The van der Waals surface area contributed by atoms with Gasteiger partial charge >= 0.3 is 0 Å². The first-order chi connectivity index (χ1) is 13.0. The van der Waals surface area contributed by atoms with Crippen molar-refractivity contribution in [2.45, 2.75) is 28.7 Å². The number of benzene rings is 3. The van der Waals surface area contributed by atoms with E-state index in [9.17, 15) is 4.79 Å². The van der Waals surface area contributed by atoms with Gasteiger partial charge in [0.05, 0.1) is 5.54 Å². The maximum absolute atomic E-state index is 13.3. The summed E-state index contributed by atoms with van der Waals surface area (Å²) >= 11 is 1.70. The second-order valence-electron chi connectivity index (χ2n) is 7.10. The van der Waals surface area contributed by atoms with Crippen LogP contribution in [0, 0.1) is 0 Å². The highest BCUT2D eigenvalue weighted by Gasteiger charge is 2.36. The minimum atomic E-state index is -0.588. The first kappa shape index (κ1) is 19.4. The predicted molar refractivity (Wildman–Crippen MR) is 114 cm³/mol. The topological polar surface area (TPSA) is 20.3 Å². The molecular formula is C24H25NOS. The van der Waals surface area contributed by atoms with Crippen LogP contribution in [0.1, 0.15) is 22.8 Å². The summed E-state index contributed by atoms with van der Waals surface area (Å²) in [6.45, 7) is 2.02. The average molecular weight is 376 g/mol. The summed E-state index contributed by atoms with van der Waals surface area (Å²) in [5, 5.41) is 0. The number of carbonyl (C=O) groups excluding carboxylic acids is 1. The largest absolute Gasteiger partial charge is 0.297 e. The van der Waals surface area contributed by atoms with Crippen molar-refractivity contribution in [2.75, 3.05) is 14.1 Å². The Hall–Kier alpha value is -2.36. The van der Waals surface area contributed by atoms with Crippen LogP contribution in [-0.2, 0) is 6.42 Å². The van der Waals surface area contributed by atoms with Gasteiger partial charge in [-0.15, -0.1) is 0 Å². The predicted octanol–water partition coefficient (Wildman–Crippen LogP) is 5.58. The Morgan fingerprint density at radius 3 is 1.89 bits per heavy atom. The number of likely N-dealkylation sites (N-methyl/N-ethyl adjacent to an activating group) is 1. The fraction of sp³-hybridized carbons (Fsp3) is 0.208. The zero-order valence-corrected chi connectivity index (χ0v) is 16.9. The number of rotatable bonds is 7. The van der Waals surface area contributed by atoms with Crippen molar-refractivity contribution in [3.05, 3.63) is 96.1 Å². The van der Waals surface area contributed by atoms with Crippen LogP contribution in [0.3, 0.4) is 0 Å². The van der Waals surface area contributed by atoms with Gasteiger partial charge in [-0.2, -0.15) is 0 Å². The van der Waals surface area contributed by atoms with E-state index in [0.29, 0.717) is 6.42 Å². The highest BCUT2D eigenvalue weighted by Crippen LogP contribution is 2.29. The fourth-order valence-corrected chi connectivity index (χ4v) is 3.88. The van der Waals surface area contributed by atoms with Crippen LogP contribution in [0.15, 0.2) is 94.7 Å². The van der Waals surface area contributed by atoms with Crippen molar-refractivity contribution in [1.82, 2.24) is 4.90 Å². The summed E-state index contributed by atoms with van der Waals surface area (Å²) in [6.07, 6.45) is 0.681. The number of Topliss-reactive ketones (excluding diaryl/α,β-unsaturated/α-hetero) is 1. The maximum atomic E-state index is 13.3. The molecule has 138 valence electrons. The van der Waals surface area contributed by atoms with Gasteiger partial charge in [-0.05, 0) is 57.3 Å². The molecule has 0 aliphatic rings. The first-order valence-electron chi connectivity index (χ1n) is 9.08. The van der Waals surface area contributed by atoms with Crippen LogP contribution < -0.4 is 0 Å². The second kappa shape index (κ2) is 8.55. The second-order valence-corrected chi connectivity index (χ2v) is 8.25. The van der Waals surface area contributed by atoms with Crippen molar-refractivity contribution < 1.29 is 4.79 Å². The van der Waals surface area contributed by atoms with Gasteiger partial charge in [0.2, 0.25) is 0 Å². The Labute approximate surface area is 166 Å². The summed E-state index contributed by atoms with van der Waals surface area (Å²) in [6, 6.07) is 28.4. The minimum Gasteiger partial charge on any atom is -0.297 e. The summed E-state index contributed by atoms with van der Waals surface area (Å²) in [7, 11) is 3.95. The fourth-order valence-electron chi connectivity index (χ4n) is 3.04. The van der Waals surface area contributed by atoms with Gasteiger partial charge in [0.1, 0.15) is 0 Å². The van der Waals surface area contributed by atoms with Crippen molar-refractivity contribution in [1.29, 1.82) is 0 Å². The van der Waals surface area contributed by atoms with E-state index in [2.05, 4.69) is 24.3 Å². The molecule has 0 N–H and O–H groups in total. The molecule has 3 aromatic rings. The van der Waals surface area contributed by atoms with Gasteiger partial charge in [-0.3, -0.25) is 9.69 Å². The molecule has 0 saturated heterocycles. The third-order valence-electron chi connectivity index (χ3n) is 4.96. The number of carbonyl (C=O) groups is 1. The lowest BCUT2D eigenvalue weighted by atomic mass is 9.84. The number of hydrogen-bond acceptors (Lipinski definition) is 3. The molecule has 0 amide bonds. The van der Waals surface area contributed by atoms with E-state index in [4.69, 9.17) is 0 Å². The van der Waals surface area contributed by atoms with E-state index < -0.39 is 5.54 Å².